The highest BCUT2D eigenvalue weighted by molar-refractivity contribution is 6.31. The molecule has 0 aromatic heterocycles. The number of likely N-dealkylation sites (tertiary alicyclic amines) is 1. The molecule has 0 unspecified atom stereocenters. The summed E-state index contributed by atoms with van der Waals surface area (Å²) in [6.45, 7) is 7.66. The third-order valence-electron chi connectivity index (χ3n) is 5.24. The third-order valence-corrected chi connectivity index (χ3v) is 5.66. The van der Waals surface area contributed by atoms with Gasteiger partial charge in [0.25, 0.3) is 5.91 Å². The molecule has 0 spiro atoms. The van der Waals surface area contributed by atoms with Crippen LogP contribution in [0.1, 0.15) is 42.9 Å². The monoisotopic (exact) mass is 400 g/mol. The Balaban J connectivity index is 1.59. The van der Waals surface area contributed by atoms with Crippen molar-refractivity contribution in [2.75, 3.05) is 13.1 Å². The molecule has 1 N–H and O–H groups in total. The highest BCUT2D eigenvalue weighted by atomic mass is 35.5. The first-order valence-corrected chi connectivity index (χ1v) is 10.4. The number of amides is 1. The van der Waals surface area contributed by atoms with E-state index >= 15 is 0 Å². The summed E-state index contributed by atoms with van der Waals surface area (Å²) in [6, 6.07) is 13.8. The van der Waals surface area contributed by atoms with E-state index < -0.39 is 6.10 Å². The molecular weight excluding hydrogens is 372 g/mol. The summed E-state index contributed by atoms with van der Waals surface area (Å²) in [5.41, 5.74) is 3.39. The predicted octanol–water partition coefficient (Wildman–Crippen LogP) is 4.72. The molecule has 2 aromatic carbocycles. The van der Waals surface area contributed by atoms with Crippen molar-refractivity contribution in [3.8, 4) is 5.75 Å². The minimum atomic E-state index is -0.522. The van der Waals surface area contributed by atoms with Crippen LogP contribution in [0.3, 0.4) is 0 Å². The lowest BCUT2D eigenvalue weighted by atomic mass is 10.1. The maximum Gasteiger partial charge on any atom is 0.261 e. The number of rotatable bonds is 8. The maximum absolute atomic E-state index is 12.7. The molecule has 28 heavy (non-hydrogen) atoms. The number of ether oxygens (including phenoxy) is 1. The van der Waals surface area contributed by atoms with Crippen molar-refractivity contribution in [1.82, 2.24) is 10.2 Å². The van der Waals surface area contributed by atoms with E-state index in [-0.39, 0.29) is 5.91 Å². The molecule has 1 aliphatic heterocycles. The van der Waals surface area contributed by atoms with Crippen molar-refractivity contribution in [3.05, 3.63) is 64.2 Å². The number of hydrogen-bond donors (Lipinski definition) is 1. The smallest absolute Gasteiger partial charge is 0.261 e. The summed E-state index contributed by atoms with van der Waals surface area (Å²) < 4.78 is 5.91. The van der Waals surface area contributed by atoms with E-state index in [1.54, 1.807) is 12.1 Å². The lowest BCUT2D eigenvalue weighted by molar-refractivity contribution is -0.128. The fraction of sp³-hybridized carbons (Fsp3) is 0.435. The molecule has 3 rings (SSSR count). The van der Waals surface area contributed by atoms with Gasteiger partial charge in [-0.1, -0.05) is 42.8 Å². The fourth-order valence-electron chi connectivity index (χ4n) is 3.54. The number of carbonyl (C=O) groups excluding carboxylic acids is 1. The molecular formula is C23H29ClN2O2. The molecule has 1 fully saturated rings. The highest BCUT2D eigenvalue weighted by Gasteiger charge is 2.19. The van der Waals surface area contributed by atoms with Crippen molar-refractivity contribution in [1.29, 1.82) is 0 Å². The van der Waals surface area contributed by atoms with Gasteiger partial charge in [-0.25, -0.2) is 0 Å². The van der Waals surface area contributed by atoms with E-state index in [2.05, 4.69) is 28.4 Å². The van der Waals surface area contributed by atoms with E-state index in [0.717, 1.165) is 25.2 Å². The van der Waals surface area contributed by atoms with Gasteiger partial charge in [-0.15, -0.1) is 0 Å². The Kier molecular flexibility index (Phi) is 7.35. The van der Waals surface area contributed by atoms with Gasteiger partial charge < -0.3 is 10.1 Å². The Labute approximate surface area is 172 Å². The minimum Gasteiger partial charge on any atom is -0.481 e. The number of aryl methyl sites for hydroxylation is 1. The van der Waals surface area contributed by atoms with Gasteiger partial charge >= 0.3 is 0 Å². The van der Waals surface area contributed by atoms with Gasteiger partial charge in [0.2, 0.25) is 0 Å². The van der Waals surface area contributed by atoms with Crippen LogP contribution in [0.5, 0.6) is 5.75 Å². The SMILES string of the molecule is CC[C@H](Oc1ccc(Cl)c(C)c1)C(=O)NCc1ccccc1CN1CCCC1. The normalized spacial score (nSPS) is 15.4. The first-order valence-electron chi connectivity index (χ1n) is 10.1. The Morgan fingerprint density at radius 1 is 1.18 bits per heavy atom. The second-order valence-corrected chi connectivity index (χ2v) is 7.80. The van der Waals surface area contributed by atoms with E-state index in [0.29, 0.717) is 23.7 Å². The molecule has 0 bridgehead atoms. The molecule has 5 heteroatoms. The van der Waals surface area contributed by atoms with Crippen LogP contribution in [0.4, 0.5) is 0 Å². The zero-order valence-electron chi connectivity index (χ0n) is 16.7. The average Bonchev–Trinajstić information content (AvgIpc) is 3.21. The van der Waals surface area contributed by atoms with Gasteiger partial charge in [0.1, 0.15) is 5.75 Å². The van der Waals surface area contributed by atoms with Gasteiger partial charge in [0.05, 0.1) is 0 Å². The van der Waals surface area contributed by atoms with Gasteiger partial charge in [-0.3, -0.25) is 9.69 Å². The van der Waals surface area contributed by atoms with Gasteiger partial charge in [0, 0.05) is 18.1 Å². The molecule has 0 saturated carbocycles. The lowest BCUT2D eigenvalue weighted by Crippen LogP contribution is -2.37. The number of carbonyl (C=O) groups is 1. The summed E-state index contributed by atoms with van der Waals surface area (Å²) in [7, 11) is 0. The van der Waals surface area contributed by atoms with Crippen LogP contribution in [0.2, 0.25) is 5.02 Å². The van der Waals surface area contributed by atoms with Gasteiger partial charge in [0.15, 0.2) is 6.10 Å². The van der Waals surface area contributed by atoms with E-state index in [4.69, 9.17) is 16.3 Å². The number of benzene rings is 2. The molecule has 1 saturated heterocycles. The number of nitrogens with zero attached hydrogens (tertiary/aromatic N) is 1. The predicted molar refractivity (Wildman–Crippen MR) is 114 cm³/mol. The molecule has 150 valence electrons. The first-order chi connectivity index (χ1) is 13.6. The Morgan fingerprint density at radius 3 is 2.57 bits per heavy atom. The van der Waals surface area contributed by atoms with Crippen molar-refractivity contribution in [2.45, 2.75) is 52.3 Å². The fourth-order valence-corrected chi connectivity index (χ4v) is 3.66. The van der Waals surface area contributed by atoms with E-state index in [1.807, 2.05) is 26.0 Å². The molecule has 1 atom stereocenters. The summed E-state index contributed by atoms with van der Waals surface area (Å²) >= 11 is 6.07. The van der Waals surface area contributed by atoms with Crippen LogP contribution in [0.15, 0.2) is 42.5 Å². The van der Waals surface area contributed by atoms with E-state index in [1.165, 1.54) is 24.0 Å². The largest absolute Gasteiger partial charge is 0.481 e. The molecule has 1 heterocycles. The average molecular weight is 401 g/mol. The summed E-state index contributed by atoms with van der Waals surface area (Å²) in [4.78, 5) is 15.2. The van der Waals surface area contributed by atoms with Crippen LogP contribution in [-0.4, -0.2) is 30.0 Å². The number of halogens is 1. The third kappa shape index (κ3) is 5.49. The van der Waals surface area contributed by atoms with Gasteiger partial charge in [-0.05, 0) is 74.2 Å². The number of hydrogen-bond acceptors (Lipinski definition) is 3. The van der Waals surface area contributed by atoms with Crippen molar-refractivity contribution < 1.29 is 9.53 Å². The summed E-state index contributed by atoms with van der Waals surface area (Å²) in [5.74, 6) is 0.574. The quantitative estimate of drug-likeness (QED) is 0.697. The Hall–Kier alpha value is -2.04. The molecule has 4 nitrogen and oxygen atoms in total. The summed E-state index contributed by atoms with van der Waals surface area (Å²) in [5, 5.41) is 3.75. The second-order valence-electron chi connectivity index (χ2n) is 7.40. The van der Waals surface area contributed by atoms with Gasteiger partial charge in [-0.2, -0.15) is 0 Å². The maximum atomic E-state index is 12.7. The standard InChI is InChI=1S/C23H29ClN2O2/c1-3-22(28-20-10-11-21(24)17(2)14-20)23(27)25-15-18-8-4-5-9-19(18)16-26-12-6-7-13-26/h4-5,8-11,14,22H,3,6-7,12-13,15-16H2,1-2H3,(H,25,27)/t22-/m0/s1. The topological polar surface area (TPSA) is 41.6 Å². The highest BCUT2D eigenvalue weighted by Crippen LogP contribution is 2.22. The van der Waals surface area contributed by atoms with Crippen molar-refractivity contribution in [2.24, 2.45) is 0 Å². The molecule has 0 radical (unpaired) electrons. The first kappa shape index (κ1) is 20.7. The van der Waals surface area contributed by atoms with Crippen LogP contribution < -0.4 is 10.1 Å². The van der Waals surface area contributed by atoms with Crippen LogP contribution in [-0.2, 0) is 17.9 Å². The summed E-state index contributed by atoms with van der Waals surface area (Å²) in [6.07, 6.45) is 2.63. The number of nitrogens with one attached hydrogen (secondary N) is 1. The molecule has 2 aromatic rings. The minimum absolute atomic E-state index is 0.0916. The molecule has 0 aliphatic carbocycles. The van der Waals surface area contributed by atoms with Crippen LogP contribution in [0.25, 0.3) is 0 Å². The Morgan fingerprint density at radius 2 is 1.89 bits per heavy atom. The van der Waals surface area contributed by atoms with Crippen molar-refractivity contribution in [3.63, 3.8) is 0 Å². The second kappa shape index (κ2) is 9.94. The van der Waals surface area contributed by atoms with Crippen LogP contribution >= 0.6 is 11.6 Å². The Bertz CT molecular complexity index is 803. The zero-order valence-corrected chi connectivity index (χ0v) is 17.5. The zero-order chi connectivity index (χ0) is 19.9. The van der Waals surface area contributed by atoms with Crippen molar-refractivity contribution >= 4 is 17.5 Å². The van der Waals surface area contributed by atoms with Crippen LogP contribution in [0, 0.1) is 6.92 Å². The molecule has 1 aliphatic rings. The lowest BCUT2D eigenvalue weighted by Gasteiger charge is -2.20. The van der Waals surface area contributed by atoms with E-state index in [9.17, 15) is 4.79 Å². The molecule has 1 amide bonds.